The van der Waals surface area contributed by atoms with Gasteiger partial charge in [0.2, 0.25) is 0 Å². The van der Waals surface area contributed by atoms with Crippen LogP contribution in [-0.4, -0.2) is 28.5 Å². The molecule has 1 aliphatic heterocycles. The quantitative estimate of drug-likeness (QED) is 0.828. The molecule has 0 spiro atoms. The number of nitrogens with two attached hydrogens (primary N) is 1. The Morgan fingerprint density at radius 1 is 1.22 bits per heavy atom. The van der Waals surface area contributed by atoms with Gasteiger partial charge in [0.15, 0.2) is 0 Å². The number of hydrogen-bond donors (Lipinski definition) is 1. The van der Waals surface area contributed by atoms with E-state index in [1.807, 2.05) is 12.1 Å². The van der Waals surface area contributed by atoms with Crippen molar-refractivity contribution >= 4 is 17.4 Å². The molecule has 3 heteroatoms. The highest BCUT2D eigenvalue weighted by atomic mass is 32.2. The second kappa shape index (κ2) is 5.54. The van der Waals surface area contributed by atoms with Gasteiger partial charge in [-0.1, -0.05) is 26.0 Å². The summed E-state index contributed by atoms with van der Waals surface area (Å²) in [4.78, 5) is 2.59. The van der Waals surface area contributed by atoms with E-state index in [2.05, 4.69) is 49.6 Å². The average molecular weight is 264 g/mol. The van der Waals surface area contributed by atoms with E-state index in [0.717, 1.165) is 5.69 Å². The number of hydrogen-bond acceptors (Lipinski definition) is 3. The van der Waals surface area contributed by atoms with E-state index in [9.17, 15) is 0 Å². The predicted octanol–water partition coefficient (Wildman–Crippen LogP) is 3.55. The minimum atomic E-state index is 0.426. The fraction of sp³-hybridized carbons (Fsp3) is 0.600. The molecule has 0 aliphatic carbocycles. The van der Waals surface area contributed by atoms with Crippen molar-refractivity contribution < 1.29 is 0 Å². The van der Waals surface area contributed by atoms with Gasteiger partial charge in [0.25, 0.3) is 0 Å². The highest BCUT2D eigenvalue weighted by Crippen LogP contribution is 2.33. The number of anilines is 1. The molecule has 0 bridgehead atoms. The zero-order valence-electron chi connectivity index (χ0n) is 11.6. The third-order valence-corrected chi connectivity index (χ3v) is 5.21. The lowest BCUT2D eigenvalue weighted by Gasteiger charge is -2.28. The lowest BCUT2D eigenvalue weighted by Crippen LogP contribution is -2.30. The Labute approximate surface area is 115 Å². The second-order valence-corrected chi connectivity index (χ2v) is 7.54. The smallest absolute Gasteiger partial charge is 0.0320 e. The first-order valence-corrected chi connectivity index (χ1v) is 7.70. The van der Waals surface area contributed by atoms with Crippen LogP contribution in [0.1, 0.15) is 38.8 Å². The normalized spacial score (nSPS) is 22.4. The summed E-state index contributed by atoms with van der Waals surface area (Å²) < 4.78 is 0.426. The molecule has 1 aliphatic rings. The number of rotatable bonds is 2. The topological polar surface area (TPSA) is 29.3 Å². The van der Waals surface area contributed by atoms with Crippen molar-refractivity contribution in [3.05, 3.63) is 29.8 Å². The van der Waals surface area contributed by atoms with Gasteiger partial charge in [-0.05, 0) is 31.0 Å². The summed E-state index contributed by atoms with van der Waals surface area (Å²) in [6.45, 7) is 9.38. The van der Waals surface area contributed by atoms with Crippen molar-refractivity contribution in [2.24, 2.45) is 0 Å². The van der Waals surface area contributed by atoms with Gasteiger partial charge in [-0.2, -0.15) is 11.8 Å². The van der Waals surface area contributed by atoms with Crippen molar-refractivity contribution in [3.8, 4) is 0 Å². The molecule has 1 unspecified atom stereocenters. The Morgan fingerprint density at radius 3 is 2.56 bits per heavy atom. The van der Waals surface area contributed by atoms with Gasteiger partial charge in [0.1, 0.15) is 0 Å². The molecule has 2 nitrogen and oxygen atoms in total. The largest absolute Gasteiger partial charge is 0.399 e. The first-order valence-electron chi connectivity index (χ1n) is 6.71. The van der Waals surface area contributed by atoms with E-state index >= 15 is 0 Å². The maximum Gasteiger partial charge on any atom is 0.0320 e. The Bertz CT molecular complexity index is 386. The fourth-order valence-electron chi connectivity index (χ4n) is 2.41. The lowest BCUT2D eigenvalue weighted by atomic mass is 10.0. The van der Waals surface area contributed by atoms with Gasteiger partial charge in [-0.15, -0.1) is 0 Å². The van der Waals surface area contributed by atoms with Gasteiger partial charge in [0.05, 0.1) is 0 Å². The summed E-state index contributed by atoms with van der Waals surface area (Å²) in [5, 5.41) is 0. The summed E-state index contributed by atoms with van der Waals surface area (Å²) in [5.74, 6) is 1.23. The molecule has 0 amide bonds. The van der Waals surface area contributed by atoms with Crippen LogP contribution in [0.4, 0.5) is 5.69 Å². The lowest BCUT2D eigenvalue weighted by molar-refractivity contribution is 0.220. The summed E-state index contributed by atoms with van der Waals surface area (Å²) in [6, 6.07) is 8.80. The van der Waals surface area contributed by atoms with Crippen LogP contribution in [0.3, 0.4) is 0 Å². The molecule has 1 aromatic rings. The van der Waals surface area contributed by atoms with Crippen molar-refractivity contribution in [1.82, 2.24) is 4.90 Å². The van der Waals surface area contributed by atoms with Gasteiger partial charge in [-0.3, -0.25) is 4.90 Å². The molecule has 100 valence electrons. The standard InChI is InChI=1S/C15H24N2S/c1-12(13-4-6-14(16)7-5-13)17-9-8-15(2,3)18-11-10-17/h4-7,12H,8-11,16H2,1-3H3. The summed E-state index contributed by atoms with van der Waals surface area (Å²) in [7, 11) is 0. The van der Waals surface area contributed by atoms with Crippen LogP contribution in [0.25, 0.3) is 0 Å². The van der Waals surface area contributed by atoms with Crippen molar-refractivity contribution in [1.29, 1.82) is 0 Å². The van der Waals surface area contributed by atoms with Gasteiger partial charge in [-0.25, -0.2) is 0 Å². The third-order valence-electron chi connectivity index (χ3n) is 3.84. The number of nitrogen functional groups attached to an aromatic ring is 1. The molecular weight excluding hydrogens is 240 g/mol. The molecule has 0 radical (unpaired) electrons. The minimum absolute atomic E-state index is 0.426. The molecule has 0 aromatic heterocycles. The summed E-state index contributed by atoms with van der Waals surface area (Å²) in [5.41, 5.74) is 7.96. The van der Waals surface area contributed by atoms with Gasteiger partial charge >= 0.3 is 0 Å². The highest BCUT2D eigenvalue weighted by molar-refractivity contribution is 8.00. The summed E-state index contributed by atoms with van der Waals surface area (Å²) in [6.07, 6.45) is 1.26. The predicted molar refractivity (Wildman–Crippen MR) is 82.0 cm³/mol. The van der Waals surface area contributed by atoms with Crippen LogP contribution in [0.15, 0.2) is 24.3 Å². The average Bonchev–Trinajstić information content (AvgIpc) is 2.50. The van der Waals surface area contributed by atoms with Crippen molar-refractivity contribution in [2.45, 2.75) is 38.0 Å². The van der Waals surface area contributed by atoms with Crippen LogP contribution in [0.5, 0.6) is 0 Å². The molecule has 2 N–H and O–H groups in total. The minimum Gasteiger partial charge on any atom is -0.399 e. The number of benzene rings is 1. The molecule has 0 saturated carbocycles. The van der Waals surface area contributed by atoms with E-state index in [4.69, 9.17) is 5.73 Å². The van der Waals surface area contributed by atoms with E-state index in [0.29, 0.717) is 10.8 Å². The molecule has 1 fully saturated rings. The Hall–Kier alpha value is -0.670. The van der Waals surface area contributed by atoms with Crippen molar-refractivity contribution in [2.75, 3.05) is 24.6 Å². The number of nitrogens with zero attached hydrogens (tertiary/aromatic N) is 1. The number of thioether (sulfide) groups is 1. The second-order valence-electron chi connectivity index (χ2n) is 5.74. The highest BCUT2D eigenvalue weighted by Gasteiger charge is 2.26. The zero-order chi connectivity index (χ0) is 13.2. The molecule has 1 heterocycles. The van der Waals surface area contributed by atoms with E-state index < -0.39 is 0 Å². The molecular formula is C15H24N2S. The van der Waals surface area contributed by atoms with Gasteiger partial charge in [0, 0.05) is 35.3 Å². The van der Waals surface area contributed by atoms with Crippen LogP contribution in [0, 0.1) is 0 Å². The maximum absolute atomic E-state index is 5.75. The molecule has 2 rings (SSSR count). The van der Waals surface area contributed by atoms with E-state index in [-0.39, 0.29) is 0 Å². The summed E-state index contributed by atoms with van der Waals surface area (Å²) >= 11 is 2.10. The van der Waals surface area contributed by atoms with Crippen LogP contribution < -0.4 is 5.73 Å². The van der Waals surface area contributed by atoms with Gasteiger partial charge < -0.3 is 5.73 Å². The Balaban J connectivity index is 2.04. The zero-order valence-corrected chi connectivity index (χ0v) is 12.5. The SMILES string of the molecule is CC(c1ccc(N)cc1)N1CCSC(C)(C)CC1. The third kappa shape index (κ3) is 3.42. The van der Waals surface area contributed by atoms with E-state index in [1.54, 1.807) is 0 Å². The monoisotopic (exact) mass is 264 g/mol. The van der Waals surface area contributed by atoms with Crippen LogP contribution in [0.2, 0.25) is 0 Å². The molecule has 18 heavy (non-hydrogen) atoms. The fourth-order valence-corrected chi connectivity index (χ4v) is 3.52. The van der Waals surface area contributed by atoms with Crippen LogP contribution in [-0.2, 0) is 0 Å². The van der Waals surface area contributed by atoms with E-state index in [1.165, 1.54) is 30.8 Å². The van der Waals surface area contributed by atoms with Crippen LogP contribution >= 0.6 is 11.8 Å². The first-order chi connectivity index (χ1) is 8.48. The Kier molecular flexibility index (Phi) is 4.23. The molecule has 1 atom stereocenters. The molecule has 1 aromatic carbocycles. The Morgan fingerprint density at radius 2 is 1.89 bits per heavy atom. The van der Waals surface area contributed by atoms with Crippen molar-refractivity contribution in [3.63, 3.8) is 0 Å². The first kappa shape index (κ1) is 13.8. The maximum atomic E-state index is 5.75. The molecule has 1 saturated heterocycles.